The fourth-order valence-electron chi connectivity index (χ4n) is 5.76. The van der Waals surface area contributed by atoms with Gasteiger partial charge in [-0.2, -0.15) is 15.6 Å². The first kappa shape index (κ1) is 23.5. The molecule has 5 nitrogen and oxygen atoms in total. The maximum atomic E-state index is 10.4. The first-order valence-electron chi connectivity index (χ1n) is 11.0. The average Bonchev–Trinajstić information content (AvgIpc) is 3.23. The molecule has 0 amide bonds. The van der Waals surface area contributed by atoms with E-state index in [-0.39, 0.29) is 17.3 Å². The highest BCUT2D eigenvalue weighted by molar-refractivity contribution is 6.68. The average molecular weight is 514 g/mol. The van der Waals surface area contributed by atoms with E-state index in [4.69, 9.17) is 44.6 Å². The van der Waals surface area contributed by atoms with Gasteiger partial charge in [0.25, 0.3) is 5.54 Å². The summed E-state index contributed by atoms with van der Waals surface area (Å²) in [6.45, 7) is 8.32. The Kier molecular flexibility index (Phi) is 5.08. The maximum Gasteiger partial charge on any atom is 0.262 e. The van der Waals surface area contributed by atoms with Crippen LogP contribution in [-0.4, -0.2) is 26.2 Å². The van der Waals surface area contributed by atoms with Crippen molar-refractivity contribution in [3.8, 4) is 12.1 Å². The van der Waals surface area contributed by atoms with Gasteiger partial charge in [0.2, 0.25) is 3.79 Å². The Morgan fingerprint density at radius 3 is 1.97 bits per heavy atom. The van der Waals surface area contributed by atoms with E-state index < -0.39 is 21.2 Å². The zero-order valence-electron chi connectivity index (χ0n) is 19.2. The summed E-state index contributed by atoms with van der Waals surface area (Å²) in [4.78, 5) is 0. The molecule has 2 aliphatic heterocycles. The van der Waals surface area contributed by atoms with Crippen molar-refractivity contribution in [1.29, 1.82) is 10.5 Å². The zero-order valence-corrected chi connectivity index (χ0v) is 21.4. The predicted octanol–water partition coefficient (Wildman–Crippen LogP) is 6.00. The van der Waals surface area contributed by atoms with Crippen LogP contribution in [0.2, 0.25) is 0 Å². The van der Waals surface area contributed by atoms with Gasteiger partial charge in [0, 0.05) is 17.4 Å². The summed E-state index contributed by atoms with van der Waals surface area (Å²) in [5.41, 5.74) is 1.28. The van der Waals surface area contributed by atoms with E-state index in [0.717, 1.165) is 28.0 Å². The molecule has 1 saturated heterocycles. The lowest BCUT2D eigenvalue weighted by Crippen LogP contribution is -2.56. The molecule has 0 radical (unpaired) electrons. The summed E-state index contributed by atoms with van der Waals surface area (Å²) in [6, 6.07) is 20.1. The second-order valence-electron chi connectivity index (χ2n) is 10.0. The van der Waals surface area contributed by atoms with E-state index in [1.54, 1.807) is 0 Å². The third-order valence-corrected chi connectivity index (χ3v) is 8.12. The summed E-state index contributed by atoms with van der Waals surface area (Å²) in [6.07, 6.45) is -1.35. The Labute approximate surface area is 214 Å². The molecule has 0 bridgehead atoms. The van der Waals surface area contributed by atoms with Crippen LogP contribution in [0.3, 0.4) is 0 Å². The molecule has 2 unspecified atom stereocenters. The number of rotatable bonds is 2. The number of nitriles is 2. The lowest BCUT2D eigenvalue weighted by Gasteiger charge is -2.41. The summed E-state index contributed by atoms with van der Waals surface area (Å²) >= 11 is 19.1. The van der Waals surface area contributed by atoms with Crippen LogP contribution in [-0.2, 0) is 10.5 Å². The van der Waals surface area contributed by atoms with Crippen LogP contribution < -0.4 is 0 Å². The van der Waals surface area contributed by atoms with Crippen LogP contribution >= 0.6 is 34.8 Å². The molecule has 4 atom stereocenters. The molecular weight excluding hydrogens is 491 g/mol. The van der Waals surface area contributed by atoms with Gasteiger partial charge in [-0.15, -0.1) is 0 Å². The number of hydrogen-bond donors (Lipinski definition) is 0. The molecule has 8 heteroatoms. The number of fused-ring (bicyclic) bond motifs is 3. The first-order chi connectivity index (χ1) is 15.9. The highest BCUT2D eigenvalue weighted by atomic mass is 35.6. The lowest BCUT2D eigenvalue weighted by molar-refractivity contribution is -0.140. The number of benzene rings is 2. The molecule has 2 fully saturated rings. The van der Waals surface area contributed by atoms with Crippen molar-refractivity contribution in [3.63, 3.8) is 0 Å². The quantitative estimate of drug-likeness (QED) is 0.461. The molecule has 0 N–H and O–H groups in total. The van der Waals surface area contributed by atoms with Crippen molar-refractivity contribution in [3.05, 3.63) is 70.8 Å². The Morgan fingerprint density at radius 1 is 0.941 bits per heavy atom. The van der Waals surface area contributed by atoms with Gasteiger partial charge in [-0.1, -0.05) is 108 Å². The monoisotopic (exact) mass is 512 g/mol. The minimum absolute atomic E-state index is 0.0250. The fraction of sp³-hybridized carbons (Fsp3) is 0.423. The number of hydrogen-bond acceptors (Lipinski definition) is 5. The minimum Gasteiger partial charge on any atom is -0.337 e. The third-order valence-electron chi connectivity index (χ3n) is 7.53. The molecule has 34 heavy (non-hydrogen) atoms. The molecule has 2 aromatic carbocycles. The number of alkyl halides is 3. The normalized spacial score (nSPS) is 30.4. The number of hydrazone groups is 1. The van der Waals surface area contributed by atoms with Crippen molar-refractivity contribution in [1.82, 2.24) is 5.01 Å². The van der Waals surface area contributed by atoms with Gasteiger partial charge in [-0.3, -0.25) is 0 Å². The van der Waals surface area contributed by atoms with Gasteiger partial charge in [0.05, 0.1) is 5.71 Å². The summed E-state index contributed by atoms with van der Waals surface area (Å²) in [5, 5.41) is 27.2. The fourth-order valence-corrected chi connectivity index (χ4v) is 6.37. The van der Waals surface area contributed by atoms with Gasteiger partial charge in [0.1, 0.15) is 12.1 Å². The number of ether oxygens (including phenoxy) is 1. The van der Waals surface area contributed by atoms with E-state index in [1.807, 2.05) is 62.4 Å². The molecule has 174 valence electrons. The molecule has 1 aliphatic carbocycles. The Bertz CT molecular complexity index is 1250. The SMILES string of the molecule is Cc1ccc(C2=NN3C(C#N)(C#N)C(C(Cl)(Cl)Cl)OC3(c3ccc(C)cc3)[C@H]3[C@@H]2C3(C)C)cc1. The molecule has 2 heterocycles. The molecule has 3 aliphatic rings. The van der Waals surface area contributed by atoms with Gasteiger partial charge in [0.15, 0.2) is 11.8 Å². The van der Waals surface area contributed by atoms with E-state index in [1.165, 1.54) is 5.01 Å². The van der Waals surface area contributed by atoms with Crippen LogP contribution in [0.5, 0.6) is 0 Å². The summed E-state index contributed by atoms with van der Waals surface area (Å²) in [7, 11) is 0. The van der Waals surface area contributed by atoms with Gasteiger partial charge in [-0.25, -0.2) is 5.01 Å². The molecule has 1 saturated carbocycles. The lowest BCUT2D eigenvalue weighted by atomic mass is 9.88. The molecule has 0 aromatic heterocycles. The van der Waals surface area contributed by atoms with E-state index in [2.05, 4.69) is 26.0 Å². The maximum absolute atomic E-state index is 10.4. The molecule has 0 spiro atoms. The Morgan fingerprint density at radius 2 is 1.47 bits per heavy atom. The predicted molar refractivity (Wildman–Crippen MR) is 132 cm³/mol. The smallest absolute Gasteiger partial charge is 0.262 e. The van der Waals surface area contributed by atoms with Crippen LogP contribution in [0.25, 0.3) is 0 Å². The van der Waals surface area contributed by atoms with Crippen molar-refractivity contribution in [2.75, 3.05) is 0 Å². The summed E-state index contributed by atoms with van der Waals surface area (Å²) < 4.78 is 4.58. The van der Waals surface area contributed by atoms with Crippen LogP contribution in [0.1, 0.15) is 36.1 Å². The minimum atomic E-state index is -2.03. The summed E-state index contributed by atoms with van der Waals surface area (Å²) in [5.74, 6) is -0.105. The highest BCUT2D eigenvalue weighted by Gasteiger charge is 2.81. The highest BCUT2D eigenvalue weighted by Crippen LogP contribution is 2.73. The second-order valence-corrected chi connectivity index (χ2v) is 12.4. The molecular formula is C26H23Cl3N4O. The van der Waals surface area contributed by atoms with Gasteiger partial charge >= 0.3 is 0 Å². The molecule has 2 aromatic rings. The second kappa shape index (κ2) is 7.36. The topological polar surface area (TPSA) is 72.4 Å². The largest absolute Gasteiger partial charge is 0.337 e. The number of aryl methyl sites for hydroxylation is 2. The van der Waals surface area contributed by atoms with Crippen LogP contribution in [0, 0.1) is 53.8 Å². The van der Waals surface area contributed by atoms with Crippen molar-refractivity contribution in [2.24, 2.45) is 22.4 Å². The zero-order chi connectivity index (χ0) is 24.7. The number of nitrogens with zero attached hydrogens (tertiary/aromatic N) is 4. The van der Waals surface area contributed by atoms with Crippen molar-refractivity contribution < 1.29 is 4.74 Å². The first-order valence-corrected chi connectivity index (χ1v) is 12.2. The number of halogens is 3. The van der Waals surface area contributed by atoms with E-state index in [9.17, 15) is 10.5 Å². The van der Waals surface area contributed by atoms with E-state index >= 15 is 0 Å². The third kappa shape index (κ3) is 2.98. The van der Waals surface area contributed by atoms with Gasteiger partial charge in [-0.05, 0) is 24.8 Å². The Balaban J connectivity index is 1.82. The Hall–Kier alpha value is -2.28. The van der Waals surface area contributed by atoms with Crippen LogP contribution in [0.15, 0.2) is 53.6 Å². The van der Waals surface area contributed by atoms with Gasteiger partial charge < -0.3 is 4.74 Å². The molecule has 5 rings (SSSR count). The van der Waals surface area contributed by atoms with Crippen LogP contribution in [0.4, 0.5) is 0 Å². The standard InChI is InChI=1S/C26H23Cl3N4O/c1-15-5-9-17(10-6-15)20-19-21(23(19,3)4)25(18-11-7-16(2)8-12-18)33(32-20)24(13-30,14-31)22(34-25)26(27,28)29/h5-12,19,21-22H,1-4H3/t19-,21+,22?,25?/m1/s1. The van der Waals surface area contributed by atoms with E-state index in [0.29, 0.717) is 0 Å². The van der Waals surface area contributed by atoms with Crippen molar-refractivity contribution >= 4 is 40.5 Å². The van der Waals surface area contributed by atoms with Crippen molar-refractivity contribution in [2.45, 2.75) is 48.9 Å².